The first-order chi connectivity index (χ1) is 7.70. The van der Waals surface area contributed by atoms with E-state index in [4.69, 9.17) is 4.79 Å². The molecule has 0 amide bonds. The Morgan fingerprint density at radius 1 is 1.24 bits per heavy atom. The van der Waals surface area contributed by atoms with Crippen molar-refractivity contribution in [2.24, 2.45) is 0 Å². The van der Waals surface area contributed by atoms with E-state index < -0.39 is 0 Å². The molecule has 4 heteroatoms. The fourth-order valence-electron chi connectivity index (χ4n) is 1.07. The van der Waals surface area contributed by atoms with Crippen LogP contribution in [0.1, 0.15) is 6.92 Å². The molecule has 0 saturated carbocycles. The second-order valence-corrected chi connectivity index (χ2v) is 3.60. The molecule has 1 aromatic heterocycles. The van der Waals surface area contributed by atoms with Crippen molar-refractivity contribution >= 4 is 17.7 Å². The Morgan fingerprint density at radius 2 is 1.88 bits per heavy atom. The summed E-state index contributed by atoms with van der Waals surface area (Å²) in [5.41, 5.74) is 2.01. The maximum absolute atomic E-state index is 7.79. The van der Waals surface area contributed by atoms with E-state index >= 15 is 0 Å². The van der Waals surface area contributed by atoms with Crippen LogP contribution in [0.5, 0.6) is 0 Å². The van der Waals surface area contributed by atoms with E-state index in [0.29, 0.717) is 0 Å². The number of hydrogen-bond acceptors (Lipinski definition) is 2. The third kappa shape index (κ3) is 6.95. The van der Waals surface area contributed by atoms with Crippen LogP contribution in [-0.4, -0.2) is 14.9 Å². The molecule has 2 rings (SSSR count). The van der Waals surface area contributed by atoms with Gasteiger partial charge in [0, 0.05) is 33.2 Å². The molecule has 1 aromatic carbocycles. The predicted molar refractivity (Wildman–Crippen MR) is 68.5 cm³/mol. The van der Waals surface area contributed by atoms with Crippen molar-refractivity contribution in [2.45, 2.75) is 6.92 Å². The molecular weight excluding hydrogens is 410 g/mol. The van der Waals surface area contributed by atoms with Crippen LogP contribution in [0.3, 0.4) is 0 Å². The smallest absolute Gasteiger partial charge is 0.180 e. The number of aromatic nitrogens is 1. The Kier molecular flexibility index (Phi) is 8.42. The van der Waals surface area contributed by atoms with Gasteiger partial charge in [0.2, 0.25) is 0 Å². The SMILES string of the molecule is CC(=[OH+])[S-].[Ir].[c-]1ccccc1-c1ccccn1. The van der Waals surface area contributed by atoms with E-state index in [1.807, 2.05) is 42.5 Å². The Hall–Kier alpha value is -1.09. The number of pyridine rings is 1. The van der Waals surface area contributed by atoms with Crippen molar-refractivity contribution in [2.75, 3.05) is 0 Å². The number of benzene rings is 1. The van der Waals surface area contributed by atoms with Gasteiger partial charge >= 0.3 is 0 Å². The average molecular weight is 423 g/mol. The number of hydrogen-bond donors (Lipinski definition) is 0. The van der Waals surface area contributed by atoms with Gasteiger partial charge in [-0.3, -0.25) is 0 Å². The predicted octanol–water partition coefficient (Wildman–Crippen LogP) is 2.60. The van der Waals surface area contributed by atoms with Crippen LogP contribution in [0, 0.1) is 6.07 Å². The van der Waals surface area contributed by atoms with Crippen molar-refractivity contribution in [3.05, 3.63) is 54.7 Å². The van der Waals surface area contributed by atoms with E-state index in [9.17, 15) is 0 Å². The van der Waals surface area contributed by atoms with E-state index in [2.05, 4.69) is 23.7 Å². The maximum atomic E-state index is 7.79. The molecule has 1 radical (unpaired) electrons. The van der Waals surface area contributed by atoms with Gasteiger partial charge in [0.05, 0.1) is 0 Å². The van der Waals surface area contributed by atoms with Gasteiger partial charge in [-0.1, -0.05) is 12.1 Å². The summed E-state index contributed by atoms with van der Waals surface area (Å²) in [5.74, 6) is 0. The molecule has 0 aliphatic carbocycles. The molecule has 2 aromatic rings. The second-order valence-electron chi connectivity index (χ2n) is 3.01. The van der Waals surface area contributed by atoms with Gasteiger partial charge in [0.1, 0.15) is 0 Å². The molecule has 1 N–H and O–H groups in total. The molecule has 0 spiro atoms. The molecule has 2 nitrogen and oxygen atoms in total. The van der Waals surface area contributed by atoms with E-state index in [1.165, 1.54) is 6.92 Å². The molecule has 17 heavy (non-hydrogen) atoms. The zero-order chi connectivity index (χ0) is 11.8. The molecule has 0 fully saturated rings. The molecule has 0 atom stereocenters. The Morgan fingerprint density at radius 3 is 2.35 bits per heavy atom. The normalized spacial score (nSPS) is 8.29. The minimum absolute atomic E-state index is 0. The summed E-state index contributed by atoms with van der Waals surface area (Å²) >= 11 is 4.09. The minimum atomic E-state index is 0. The molecule has 0 saturated heterocycles. The number of nitrogens with zero attached hydrogens (tertiary/aromatic N) is 1. The van der Waals surface area contributed by atoms with Gasteiger partial charge in [-0.2, -0.15) is 0 Å². The van der Waals surface area contributed by atoms with Crippen LogP contribution >= 0.6 is 0 Å². The summed E-state index contributed by atoms with van der Waals surface area (Å²) in [6.07, 6.45) is 1.79. The summed E-state index contributed by atoms with van der Waals surface area (Å²) < 4.78 is 0. The third-order valence-corrected chi connectivity index (χ3v) is 1.65. The minimum Gasteiger partial charge on any atom is -0.681 e. The fraction of sp³-hybridized carbons (Fsp3) is 0.0769. The summed E-state index contributed by atoms with van der Waals surface area (Å²) in [4.78, 5) is 12.0. The molecular formula is C13H12IrNOS-. The van der Waals surface area contributed by atoms with Crippen molar-refractivity contribution in [1.82, 2.24) is 4.98 Å². The summed E-state index contributed by atoms with van der Waals surface area (Å²) in [6.45, 7) is 1.45. The van der Waals surface area contributed by atoms with E-state index in [1.54, 1.807) is 6.20 Å². The molecule has 0 unspecified atom stereocenters. The maximum Gasteiger partial charge on any atom is 0.180 e. The van der Waals surface area contributed by atoms with E-state index in [-0.39, 0.29) is 25.2 Å². The first-order valence-electron chi connectivity index (χ1n) is 4.78. The van der Waals surface area contributed by atoms with Crippen molar-refractivity contribution in [3.8, 4) is 11.3 Å². The van der Waals surface area contributed by atoms with Crippen molar-refractivity contribution in [3.63, 3.8) is 0 Å². The van der Waals surface area contributed by atoms with Gasteiger partial charge in [-0.25, -0.2) is 0 Å². The molecule has 1 heterocycles. The molecule has 0 bridgehead atoms. The molecule has 0 aliphatic heterocycles. The summed E-state index contributed by atoms with van der Waals surface area (Å²) in [5, 5.41) is 0.000000000000000222. The standard InChI is InChI=1S/C11H8N.C2H4OS.Ir/c1-2-6-10(7-3-1)11-8-4-5-9-12-11;1-2(3)4;/h1-6,8-9H;1H3,(H,3,4);/q-1;;. The summed E-state index contributed by atoms with van der Waals surface area (Å²) in [6, 6.07) is 16.8. The van der Waals surface area contributed by atoms with Crippen LogP contribution in [0.4, 0.5) is 0 Å². The summed E-state index contributed by atoms with van der Waals surface area (Å²) in [7, 11) is 0. The Balaban J connectivity index is 0.000000453. The Labute approximate surface area is 120 Å². The van der Waals surface area contributed by atoms with Gasteiger partial charge in [0.15, 0.2) is 5.12 Å². The Bertz CT molecular complexity index is 392. The van der Waals surface area contributed by atoms with E-state index in [0.717, 1.165) is 11.3 Å². The first kappa shape index (κ1) is 15.9. The third-order valence-electron chi connectivity index (χ3n) is 1.65. The van der Waals surface area contributed by atoms with Gasteiger partial charge < -0.3 is 22.4 Å². The van der Waals surface area contributed by atoms with Crippen molar-refractivity contribution in [1.29, 1.82) is 0 Å². The topological polar surface area (TPSA) is 34.3 Å². The fourth-order valence-corrected chi connectivity index (χ4v) is 1.07. The largest absolute Gasteiger partial charge is 0.681 e. The zero-order valence-electron chi connectivity index (χ0n) is 9.25. The first-order valence-corrected chi connectivity index (χ1v) is 5.18. The second kappa shape index (κ2) is 8.99. The van der Waals surface area contributed by atoms with Crippen LogP contribution in [0.25, 0.3) is 11.3 Å². The van der Waals surface area contributed by atoms with Crippen molar-refractivity contribution < 1.29 is 24.9 Å². The molecule has 91 valence electrons. The van der Waals surface area contributed by atoms with Gasteiger partial charge in [-0.05, 0) is 11.8 Å². The quantitative estimate of drug-likeness (QED) is 0.402. The van der Waals surface area contributed by atoms with Gasteiger partial charge in [-0.15, -0.1) is 35.9 Å². The average Bonchev–Trinajstić information content (AvgIpc) is 2.31. The monoisotopic (exact) mass is 423 g/mol. The van der Waals surface area contributed by atoms with Crippen LogP contribution in [0.15, 0.2) is 48.7 Å². The van der Waals surface area contributed by atoms with Gasteiger partial charge in [0.25, 0.3) is 0 Å². The number of rotatable bonds is 1. The zero-order valence-corrected chi connectivity index (χ0v) is 12.5. The van der Waals surface area contributed by atoms with Crippen LogP contribution in [0.2, 0.25) is 0 Å². The van der Waals surface area contributed by atoms with Crippen LogP contribution in [-0.2, 0) is 32.7 Å². The number of carbonyl (C=O) groups excluding carboxylic acids is 1. The van der Waals surface area contributed by atoms with Crippen LogP contribution < -0.4 is 0 Å². The molecule has 0 aliphatic rings.